The number of piperidine rings is 2. The molecule has 360 valence electrons. The first kappa shape index (κ1) is 51.0. The van der Waals surface area contributed by atoms with Crippen LogP contribution in [-0.2, 0) is 39.8 Å². The molecule has 18 heteroatoms. The number of Topliss-reactive ketones (excluding diaryl/α,β-unsaturated/α-hetero) is 1. The molecule has 69 heavy (non-hydrogen) atoms. The van der Waals surface area contributed by atoms with E-state index in [2.05, 4.69) is 22.5 Å². The zero-order valence-electron chi connectivity index (χ0n) is 37.4. The number of ketones is 1. The lowest BCUT2D eigenvalue weighted by Crippen LogP contribution is -2.52. The van der Waals surface area contributed by atoms with E-state index in [9.17, 15) is 28.8 Å². The molecule has 3 heterocycles. The zero-order valence-corrected chi connectivity index (χ0v) is 40.4. The van der Waals surface area contributed by atoms with Gasteiger partial charge >= 0.3 is 0 Å². The smallest absolute Gasteiger partial charge is 0.264 e. The Balaban J connectivity index is 0.865. The van der Waals surface area contributed by atoms with Crippen LogP contribution in [0.1, 0.15) is 56.7 Å². The van der Waals surface area contributed by atoms with Gasteiger partial charge in [0.1, 0.15) is 12.1 Å². The van der Waals surface area contributed by atoms with Gasteiger partial charge in [-0.2, -0.15) is 0 Å². The molecule has 0 aromatic heterocycles. The molecular weight excluding hydrogens is 968 g/mol. The monoisotopic (exact) mass is 1020 g/mol. The van der Waals surface area contributed by atoms with Crippen LogP contribution in [0.5, 0.6) is 0 Å². The van der Waals surface area contributed by atoms with Gasteiger partial charge < -0.3 is 35.1 Å². The first-order valence-electron chi connectivity index (χ1n) is 22.2. The van der Waals surface area contributed by atoms with Crippen LogP contribution in [0.3, 0.4) is 0 Å². The number of imide groups is 1. The highest BCUT2D eigenvalue weighted by atomic mass is 35.5. The van der Waals surface area contributed by atoms with Crippen molar-refractivity contribution in [2.45, 2.75) is 37.8 Å². The fourth-order valence-electron chi connectivity index (χ4n) is 8.05. The number of carbonyl (C=O) groups excluding carboxylic acids is 6. The number of fused-ring (bicyclic) bond motifs is 1. The minimum absolute atomic E-state index is 0.0212. The molecule has 2 fully saturated rings. The minimum Gasteiger partial charge on any atom is -0.382 e. The third kappa shape index (κ3) is 13.3. The predicted octanol–water partition coefficient (Wildman–Crippen LogP) is 7.85. The maximum Gasteiger partial charge on any atom is 0.264 e. The van der Waals surface area contributed by atoms with E-state index >= 15 is 0 Å². The quantitative estimate of drug-likeness (QED) is 0.0450. The molecule has 3 aliphatic rings. The Morgan fingerprint density at radius 3 is 1.96 bits per heavy atom. The van der Waals surface area contributed by atoms with Crippen molar-refractivity contribution < 1.29 is 43.0 Å². The average molecular weight is 1020 g/mol. The van der Waals surface area contributed by atoms with E-state index in [-0.39, 0.29) is 88.4 Å². The molecule has 0 aliphatic carbocycles. The van der Waals surface area contributed by atoms with Crippen molar-refractivity contribution in [2.24, 2.45) is 0 Å². The number of ether oxygens (including phenoxy) is 3. The molecule has 5 amide bonds. The zero-order chi connectivity index (χ0) is 49.0. The molecule has 3 aliphatic heterocycles. The summed E-state index contributed by atoms with van der Waals surface area (Å²) in [6.45, 7) is 5.45. The van der Waals surface area contributed by atoms with Crippen LogP contribution < -0.4 is 16.0 Å². The number of hydrogen-bond acceptors (Lipinski definition) is 10. The SMILES string of the molecule is C=C1CCC(N2C(=O)c3cccc(NCCOCCOCCOCCC(=O)N[C@@H](Cc4ccccc4)C(=O)N4C/C(=C\c5ccc(Cl)c(Cl)c5)C(=O)/C(=C/c5ccc(Cl)c(Cl)c5)C4)c3C2=O)C(=O)N1. The highest BCUT2D eigenvalue weighted by Crippen LogP contribution is 2.33. The van der Waals surface area contributed by atoms with Crippen molar-refractivity contribution in [2.75, 3.05) is 64.6 Å². The fourth-order valence-corrected chi connectivity index (χ4v) is 8.66. The van der Waals surface area contributed by atoms with E-state index < -0.39 is 35.7 Å². The third-order valence-electron chi connectivity index (χ3n) is 11.5. The van der Waals surface area contributed by atoms with Crippen molar-refractivity contribution in [1.29, 1.82) is 0 Å². The van der Waals surface area contributed by atoms with Gasteiger partial charge in [-0.15, -0.1) is 0 Å². The lowest BCUT2D eigenvalue weighted by molar-refractivity contribution is -0.136. The largest absolute Gasteiger partial charge is 0.382 e. The molecule has 0 saturated carbocycles. The average Bonchev–Trinajstić information content (AvgIpc) is 3.58. The highest BCUT2D eigenvalue weighted by Gasteiger charge is 2.45. The van der Waals surface area contributed by atoms with Crippen LogP contribution in [0.2, 0.25) is 20.1 Å². The molecule has 0 bridgehead atoms. The van der Waals surface area contributed by atoms with Crippen molar-refractivity contribution >= 4 is 99.6 Å². The third-order valence-corrected chi connectivity index (χ3v) is 12.9. The van der Waals surface area contributed by atoms with Gasteiger partial charge in [0.05, 0.1) is 70.9 Å². The van der Waals surface area contributed by atoms with Crippen molar-refractivity contribution in [3.05, 3.63) is 156 Å². The number of allylic oxidation sites excluding steroid dienone is 1. The van der Waals surface area contributed by atoms with Gasteiger partial charge in [-0.25, -0.2) is 0 Å². The van der Waals surface area contributed by atoms with Crippen LogP contribution in [0.25, 0.3) is 12.2 Å². The number of amides is 5. The lowest BCUT2D eigenvalue weighted by atomic mass is 9.93. The van der Waals surface area contributed by atoms with Gasteiger partial charge in [0.25, 0.3) is 11.8 Å². The van der Waals surface area contributed by atoms with Crippen molar-refractivity contribution in [3.63, 3.8) is 0 Å². The Hall–Kier alpha value is -5.84. The van der Waals surface area contributed by atoms with Crippen molar-refractivity contribution in [1.82, 2.24) is 20.4 Å². The van der Waals surface area contributed by atoms with Gasteiger partial charge in [0.2, 0.25) is 17.7 Å². The molecule has 0 radical (unpaired) electrons. The molecule has 4 aromatic carbocycles. The molecular formula is C51H49Cl4N5O9. The van der Waals surface area contributed by atoms with Gasteiger partial charge in [-0.05, 0) is 78.1 Å². The van der Waals surface area contributed by atoms with Gasteiger partial charge in [0, 0.05) is 55.0 Å². The van der Waals surface area contributed by atoms with E-state index in [4.69, 9.17) is 60.6 Å². The Kier molecular flexibility index (Phi) is 17.8. The summed E-state index contributed by atoms with van der Waals surface area (Å²) in [4.78, 5) is 83.4. The molecule has 2 saturated heterocycles. The summed E-state index contributed by atoms with van der Waals surface area (Å²) in [5.74, 6) is -2.49. The molecule has 0 spiro atoms. The summed E-state index contributed by atoms with van der Waals surface area (Å²) in [6, 6.07) is 22.4. The number of halogens is 4. The number of benzene rings is 4. The highest BCUT2D eigenvalue weighted by molar-refractivity contribution is 6.42. The van der Waals surface area contributed by atoms with Gasteiger partial charge in [0.15, 0.2) is 5.78 Å². The van der Waals surface area contributed by atoms with E-state index in [1.807, 2.05) is 30.3 Å². The van der Waals surface area contributed by atoms with Crippen LogP contribution in [0.15, 0.2) is 108 Å². The first-order chi connectivity index (χ1) is 33.3. The molecule has 14 nitrogen and oxygen atoms in total. The Morgan fingerprint density at radius 1 is 0.739 bits per heavy atom. The van der Waals surface area contributed by atoms with Crippen LogP contribution in [-0.4, -0.2) is 116 Å². The van der Waals surface area contributed by atoms with Gasteiger partial charge in [-0.1, -0.05) is 102 Å². The van der Waals surface area contributed by atoms with E-state index in [0.29, 0.717) is 73.1 Å². The molecule has 4 aromatic rings. The lowest BCUT2D eigenvalue weighted by Gasteiger charge is -2.33. The number of nitrogens with one attached hydrogen (secondary N) is 3. The number of carbonyl (C=O) groups is 6. The van der Waals surface area contributed by atoms with E-state index in [0.717, 1.165) is 10.5 Å². The molecule has 1 unspecified atom stereocenters. The minimum atomic E-state index is -0.966. The number of likely N-dealkylation sites (tertiary alicyclic amines) is 1. The molecule has 2 atom stereocenters. The number of nitrogens with zero attached hydrogens (tertiary/aromatic N) is 2. The second-order valence-corrected chi connectivity index (χ2v) is 18.0. The van der Waals surface area contributed by atoms with E-state index in [1.54, 1.807) is 71.6 Å². The van der Waals surface area contributed by atoms with E-state index in [1.165, 1.54) is 0 Å². The summed E-state index contributed by atoms with van der Waals surface area (Å²) in [5, 5.41) is 10.0. The maximum atomic E-state index is 14.5. The van der Waals surface area contributed by atoms with Crippen molar-refractivity contribution in [3.8, 4) is 0 Å². The number of anilines is 1. The van der Waals surface area contributed by atoms with Crippen LogP contribution >= 0.6 is 46.4 Å². The Morgan fingerprint density at radius 2 is 1.35 bits per heavy atom. The summed E-state index contributed by atoms with van der Waals surface area (Å²) in [5.41, 5.74) is 4.24. The normalized spacial score (nSPS) is 17.6. The first-order valence-corrected chi connectivity index (χ1v) is 23.7. The molecule has 7 rings (SSSR count). The Labute approximate surface area is 419 Å². The number of rotatable bonds is 20. The number of hydrogen-bond donors (Lipinski definition) is 3. The standard InChI is InChI=1S/C51H49Cl4N5O9/c1-31-10-15-44(48(63)57-31)60-49(64)37-8-5-9-42(46(37)51(60)66)56-17-19-68-21-23-69-22-20-67-18-16-45(61)58-43(28-32-6-3-2-4-7-32)50(65)59-29-35(24-33-11-13-38(52)40(54)26-33)47(62)36(30-59)25-34-12-14-39(53)41(55)27-34/h2-9,11-14,24-27,43-44,56H,1,10,15-23,28-30H2,(H,57,63)(H,58,61)/b35-24+,36-25+/t43-,44?/m0/s1. The predicted molar refractivity (Wildman–Crippen MR) is 265 cm³/mol. The molecule has 3 N–H and O–H groups in total. The summed E-state index contributed by atoms with van der Waals surface area (Å²) in [6.07, 6.45) is 4.32. The second kappa shape index (κ2) is 24.1. The van der Waals surface area contributed by atoms with Gasteiger partial charge in [-0.3, -0.25) is 33.7 Å². The Bertz CT molecular complexity index is 2620. The van der Waals surface area contributed by atoms with Crippen LogP contribution in [0, 0.1) is 0 Å². The topological polar surface area (TPSA) is 173 Å². The summed E-state index contributed by atoms with van der Waals surface area (Å²) in [7, 11) is 0. The maximum absolute atomic E-state index is 14.5. The van der Waals surface area contributed by atoms with Crippen LogP contribution in [0.4, 0.5) is 5.69 Å². The fraction of sp³-hybridized carbons (Fsp3) is 0.294. The second-order valence-electron chi connectivity index (χ2n) is 16.4. The summed E-state index contributed by atoms with van der Waals surface area (Å²) >= 11 is 24.9. The summed E-state index contributed by atoms with van der Waals surface area (Å²) < 4.78 is 17.0.